The quantitative estimate of drug-likeness (QED) is 0.792. The third-order valence-electron chi connectivity index (χ3n) is 4.16. The van der Waals surface area contributed by atoms with Gasteiger partial charge in [-0.15, -0.1) is 0 Å². The molecule has 1 heterocycles. The first-order chi connectivity index (χ1) is 12.3. The lowest BCUT2D eigenvalue weighted by Crippen LogP contribution is -2.23. The Kier molecular flexibility index (Phi) is 4.83. The predicted molar refractivity (Wildman–Crippen MR) is 83.2 cm³/mol. The number of anilines is 1. The Labute approximate surface area is 146 Å². The molecule has 0 radical (unpaired) electrons. The van der Waals surface area contributed by atoms with Crippen molar-refractivity contribution in [3.8, 4) is 6.07 Å². The molecule has 2 unspecified atom stereocenters. The number of nitrogens with one attached hydrogen (secondary N) is 1. The fourth-order valence-electron chi connectivity index (χ4n) is 2.94. The van der Waals surface area contributed by atoms with Crippen molar-refractivity contribution in [3.05, 3.63) is 64.7 Å². The highest BCUT2D eigenvalue weighted by molar-refractivity contribution is 5.54. The van der Waals surface area contributed by atoms with Crippen molar-refractivity contribution in [2.24, 2.45) is 0 Å². The monoisotopic (exact) mass is 368 g/mol. The molecule has 0 aromatic heterocycles. The predicted octanol–water partition coefficient (Wildman–Crippen LogP) is 4.80. The van der Waals surface area contributed by atoms with Gasteiger partial charge in [0.1, 0.15) is 6.10 Å². The van der Waals surface area contributed by atoms with E-state index in [2.05, 4.69) is 5.32 Å². The average Bonchev–Trinajstić information content (AvgIpc) is 3.04. The molecule has 1 aliphatic heterocycles. The van der Waals surface area contributed by atoms with Gasteiger partial charge in [0.05, 0.1) is 23.2 Å². The van der Waals surface area contributed by atoms with Crippen molar-refractivity contribution in [2.75, 3.05) is 11.9 Å². The van der Waals surface area contributed by atoms with Crippen LogP contribution in [0.25, 0.3) is 0 Å². The minimum absolute atomic E-state index is 0.166. The first-order valence-corrected chi connectivity index (χ1v) is 7.74. The zero-order valence-corrected chi connectivity index (χ0v) is 13.3. The van der Waals surface area contributed by atoms with E-state index < -0.39 is 41.1 Å². The van der Waals surface area contributed by atoms with Crippen LogP contribution >= 0.6 is 0 Å². The van der Waals surface area contributed by atoms with Crippen LogP contribution in [-0.2, 0) is 10.9 Å². The first kappa shape index (κ1) is 18.1. The second-order valence-electron chi connectivity index (χ2n) is 5.87. The molecule has 136 valence electrons. The summed E-state index contributed by atoms with van der Waals surface area (Å²) in [6.45, 7) is 0.323. The Morgan fingerprint density at radius 2 is 1.85 bits per heavy atom. The lowest BCUT2D eigenvalue weighted by atomic mass is 10.0. The maximum Gasteiger partial charge on any atom is 0.417 e. The molecule has 2 atom stereocenters. The molecule has 0 saturated carbocycles. The molecule has 1 aliphatic rings. The maximum absolute atomic E-state index is 13.4. The molecule has 2 aromatic carbocycles. The fraction of sp³-hybridized carbons (Fsp3) is 0.278. The van der Waals surface area contributed by atoms with Crippen LogP contribution in [0.5, 0.6) is 0 Å². The van der Waals surface area contributed by atoms with Gasteiger partial charge in [-0.25, -0.2) is 8.78 Å². The number of benzene rings is 2. The topological polar surface area (TPSA) is 45.0 Å². The third-order valence-corrected chi connectivity index (χ3v) is 4.16. The molecule has 1 N–H and O–H groups in total. The van der Waals surface area contributed by atoms with Crippen LogP contribution in [-0.4, -0.2) is 12.6 Å². The standard InChI is InChI=1S/C18H13F5N2O/c19-14-4-2-10(7-15(14)20)17-16(5-6-26-17)25-12-3-1-11(9-24)13(8-12)18(21,22)23/h1-4,7-8,16-17,25H,5-6H2. The minimum Gasteiger partial charge on any atom is -0.379 e. The van der Waals surface area contributed by atoms with Crippen LogP contribution in [0.3, 0.4) is 0 Å². The summed E-state index contributed by atoms with van der Waals surface area (Å²) >= 11 is 0. The molecular weight excluding hydrogens is 355 g/mol. The molecule has 2 aromatic rings. The highest BCUT2D eigenvalue weighted by Crippen LogP contribution is 2.36. The summed E-state index contributed by atoms with van der Waals surface area (Å²) in [5, 5.41) is 11.8. The van der Waals surface area contributed by atoms with Crippen LogP contribution in [0, 0.1) is 23.0 Å². The third kappa shape index (κ3) is 3.63. The van der Waals surface area contributed by atoms with E-state index in [1.54, 1.807) is 0 Å². The van der Waals surface area contributed by atoms with Crippen LogP contribution in [0.4, 0.5) is 27.6 Å². The highest BCUT2D eigenvalue weighted by Gasteiger charge is 2.35. The normalized spacial score (nSPS) is 20.0. The van der Waals surface area contributed by atoms with E-state index in [0.717, 1.165) is 24.3 Å². The smallest absolute Gasteiger partial charge is 0.379 e. The molecule has 1 saturated heterocycles. The van der Waals surface area contributed by atoms with E-state index >= 15 is 0 Å². The van der Waals surface area contributed by atoms with Gasteiger partial charge in [0, 0.05) is 12.3 Å². The van der Waals surface area contributed by atoms with Gasteiger partial charge in [-0.05, 0) is 42.3 Å². The summed E-state index contributed by atoms with van der Waals surface area (Å²) in [6.07, 6.45) is -4.81. The zero-order valence-electron chi connectivity index (χ0n) is 13.3. The van der Waals surface area contributed by atoms with Gasteiger partial charge >= 0.3 is 6.18 Å². The first-order valence-electron chi connectivity index (χ1n) is 7.74. The van der Waals surface area contributed by atoms with Crippen LogP contribution < -0.4 is 5.32 Å². The van der Waals surface area contributed by atoms with Gasteiger partial charge in [0.25, 0.3) is 0 Å². The summed E-state index contributed by atoms with van der Waals surface area (Å²) < 4.78 is 71.3. The van der Waals surface area contributed by atoms with Gasteiger partial charge in [-0.2, -0.15) is 18.4 Å². The lowest BCUT2D eigenvalue weighted by Gasteiger charge is -2.22. The summed E-state index contributed by atoms with van der Waals surface area (Å²) in [7, 11) is 0. The number of hydrogen-bond donors (Lipinski definition) is 1. The molecule has 1 fully saturated rings. The van der Waals surface area contributed by atoms with Gasteiger partial charge in [0.2, 0.25) is 0 Å². The fourth-order valence-corrected chi connectivity index (χ4v) is 2.94. The Hall–Kier alpha value is -2.66. The average molecular weight is 368 g/mol. The van der Waals surface area contributed by atoms with Gasteiger partial charge < -0.3 is 10.1 Å². The number of halogens is 5. The second-order valence-corrected chi connectivity index (χ2v) is 5.87. The summed E-state index contributed by atoms with van der Waals surface area (Å²) in [6, 6.07) is 7.79. The Balaban J connectivity index is 1.86. The summed E-state index contributed by atoms with van der Waals surface area (Å²) in [5.41, 5.74) is -0.945. The Morgan fingerprint density at radius 3 is 2.50 bits per heavy atom. The second kappa shape index (κ2) is 6.92. The van der Waals surface area contributed by atoms with E-state index in [0.29, 0.717) is 18.6 Å². The van der Waals surface area contributed by atoms with Crippen molar-refractivity contribution in [1.82, 2.24) is 0 Å². The summed E-state index contributed by atoms with van der Waals surface area (Å²) in [4.78, 5) is 0. The van der Waals surface area contributed by atoms with Crippen molar-refractivity contribution < 1.29 is 26.7 Å². The number of nitrogens with zero attached hydrogens (tertiary/aromatic N) is 1. The molecule has 0 spiro atoms. The molecule has 3 rings (SSSR count). The largest absolute Gasteiger partial charge is 0.417 e. The van der Waals surface area contributed by atoms with Gasteiger partial charge in [-0.3, -0.25) is 0 Å². The van der Waals surface area contributed by atoms with E-state index in [1.165, 1.54) is 18.2 Å². The number of ether oxygens (including phenoxy) is 1. The number of nitriles is 1. The molecule has 8 heteroatoms. The van der Waals surface area contributed by atoms with Crippen LogP contribution in [0.1, 0.15) is 29.2 Å². The molecule has 26 heavy (non-hydrogen) atoms. The number of rotatable bonds is 3. The zero-order chi connectivity index (χ0) is 18.9. The lowest BCUT2D eigenvalue weighted by molar-refractivity contribution is -0.137. The van der Waals surface area contributed by atoms with E-state index in [9.17, 15) is 22.0 Å². The molecule has 0 aliphatic carbocycles. The van der Waals surface area contributed by atoms with Crippen molar-refractivity contribution in [2.45, 2.75) is 24.7 Å². The SMILES string of the molecule is N#Cc1ccc(NC2CCOC2c2ccc(F)c(F)c2)cc1C(F)(F)F. The number of alkyl halides is 3. The molecule has 0 bridgehead atoms. The highest BCUT2D eigenvalue weighted by atomic mass is 19.4. The van der Waals surface area contributed by atoms with Crippen LogP contribution in [0.15, 0.2) is 36.4 Å². The van der Waals surface area contributed by atoms with E-state index in [1.807, 2.05) is 0 Å². The van der Waals surface area contributed by atoms with E-state index in [-0.39, 0.29) is 5.69 Å². The van der Waals surface area contributed by atoms with Gasteiger partial charge in [-0.1, -0.05) is 6.07 Å². The van der Waals surface area contributed by atoms with Crippen molar-refractivity contribution >= 4 is 5.69 Å². The maximum atomic E-state index is 13.4. The minimum atomic E-state index is -4.66. The van der Waals surface area contributed by atoms with Gasteiger partial charge in [0.15, 0.2) is 11.6 Å². The van der Waals surface area contributed by atoms with Crippen molar-refractivity contribution in [3.63, 3.8) is 0 Å². The Morgan fingerprint density at radius 1 is 1.08 bits per heavy atom. The molecular formula is C18H13F5N2O. The Bertz CT molecular complexity index is 860. The van der Waals surface area contributed by atoms with Crippen molar-refractivity contribution in [1.29, 1.82) is 5.26 Å². The number of hydrogen-bond acceptors (Lipinski definition) is 3. The van der Waals surface area contributed by atoms with Crippen LogP contribution in [0.2, 0.25) is 0 Å². The van der Waals surface area contributed by atoms with E-state index in [4.69, 9.17) is 10.00 Å². The summed E-state index contributed by atoms with van der Waals surface area (Å²) in [5.74, 6) is -2.01. The molecule has 0 amide bonds. The molecule has 3 nitrogen and oxygen atoms in total.